The summed E-state index contributed by atoms with van der Waals surface area (Å²) in [5, 5.41) is 4.22. The van der Waals surface area contributed by atoms with E-state index in [1.165, 1.54) is 0 Å². The van der Waals surface area contributed by atoms with Crippen molar-refractivity contribution in [3.05, 3.63) is 18.5 Å². The van der Waals surface area contributed by atoms with E-state index in [1.54, 1.807) is 6.20 Å². The zero-order valence-corrected chi connectivity index (χ0v) is 9.30. The molecule has 1 aromatic heterocycles. The molecule has 2 atom stereocenters. The highest BCUT2D eigenvalue weighted by atomic mass is 16.7. The van der Waals surface area contributed by atoms with Gasteiger partial charge in [0.25, 0.3) is 0 Å². The fourth-order valence-electron chi connectivity index (χ4n) is 1.83. The molecule has 0 saturated carbocycles. The van der Waals surface area contributed by atoms with Gasteiger partial charge in [-0.15, -0.1) is 0 Å². The van der Waals surface area contributed by atoms with Crippen molar-refractivity contribution in [3.8, 4) is 0 Å². The normalized spacial score (nSPS) is 27.1. The molecule has 0 aliphatic carbocycles. The van der Waals surface area contributed by atoms with Crippen molar-refractivity contribution < 1.29 is 9.47 Å². The van der Waals surface area contributed by atoms with Crippen LogP contribution in [-0.4, -0.2) is 28.8 Å². The van der Waals surface area contributed by atoms with E-state index in [1.807, 2.05) is 30.8 Å². The quantitative estimate of drug-likeness (QED) is 0.765. The number of hydrogen-bond donors (Lipinski definition) is 0. The summed E-state index contributed by atoms with van der Waals surface area (Å²) in [7, 11) is 0. The second-order valence-corrected chi connectivity index (χ2v) is 4.16. The van der Waals surface area contributed by atoms with Gasteiger partial charge < -0.3 is 9.47 Å². The average Bonchev–Trinajstić information content (AvgIpc) is 2.71. The van der Waals surface area contributed by atoms with Gasteiger partial charge in [-0.25, -0.2) is 0 Å². The Morgan fingerprint density at radius 3 is 2.87 bits per heavy atom. The Hall–Kier alpha value is -0.870. The van der Waals surface area contributed by atoms with Crippen molar-refractivity contribution in [1.29, 1.82) is 0 Å². The molecule has 0 spiro atoms. The first-order valence-corrected chi connectivity index (χ1v) is 5.52. The van der Waals surface area contributed by atoms with Crippen LogP contribution < -0.4 is 0 Å². The van der Waals surface area contributed by atoms with E-state index in [2.05, 4.69) is 5.10 Å². The van der Waals surface area contributed by atoms with Crippen LogP contribution >= 0.6 is 0 Å². The molecule has 1 aromatic rings. The minimum atomic E-state index is -0.0307. The van der Waals surface area contributed by atoms with Crippen LogP contribution in [-0.2, 0) is 9.47 Å². The second kappa shape index (κ2) is 4.77. The summed E-state index contributed by atoms with van der Waals surface area (Å²) in [5.41, 5.74) is 0. The fraction of sp³-hybridized carbons (Fsp3) is 0.727. The predicted molar refractivity (Wildman–Crippen MR) is 56.5 cm³/mol. The Bertz CT molecular complexity index is 277. The molecule has 2 heterocycles. The molecule has 0 amide bonds. The number of rotatable bonds is 3. The predicted octanol–water partition coefficient (Wildman–Crippen LogP) is 1.99. The minimum Gasteiger partial charge on any atom is -0.350 e. The Morgan fingerprint density at radius 1 is 1.47 bits per heavy atom. The molecule has 2 rings (SSSR count). The second-order valence-electron chi connectivity index (χ2n) is 4.16. The number of nitrogens with zero attached hydrogens (tertiary/aromatic N) is 2. The van der Waals surface area contributed by atoms with E-state index >= 15 is 0 Å². The molecule has 1 saturated heterocycles. The topological polar surface area (TPSA) is 36.3 Å². The van der Waals surface area contributed by atoms with Gasteiger partial charge in [-0.3, -0.25) is 4.68 Å². The van der Waals surface area contributed by atoms with Crippen LogP contribution in [0.4, 0.5) is 0 Å². The van der Waals surface area contributed by atoms with E-state index < -0.39 is 0 Å². The van der Waals surface area contributed by atoms with E-state index in [-0.39, 0.29) is 12.4 Å². The third kappa shape index (κ3) is 2.79. The van der Waals surface area contributed by atoms with E-state index in [0.29, 0.717) is 12.6 Å². The molecule has 15 heavy (non-hydrogen) atoms. The first-order valence-electron chi connectivity index (χ1n) is 5.52. The zero-order valence-electron chi connectivity index (χ0n) is 9.30. The molecule has 0 bridgehead atoms. The van der Waals surface area contributed by atoms with Crippen molar-refractivity contribution in [1.82, 2.24) is 9.78 Å². The number of hydrogen-bond acceptors (Lipinski definition) is 3. The summed E-state index contributed by atoms with van der Waals surface area (Å²) in [6.45, 7) is 4.75. The van der Waals surface area contributed by atoms with Gasteiger partial charge in [0.15, 0.2) is 6.29 Å². The highest BCUT2D eigenvalue weighted by Gasteiger charge is 2.23. The van der Waals surface area contributed by atoms with Gasteiger partial charge in [-0.1, -0.05) is 0 Å². The third-order valence-corrected chi connectivity index (χ3v) is 2.53. The van der Waals surface area contributed by atoms with Crippen molar-refractivity contribution >= 4 is 0 Å². The van der Waals surface area contributed by atoms with Gasteiger partial charge in [0.1, 0.15) is 0 Å². The molecule has 84 valence electrons. The van der Waals surface area contributed by atoms with Crippen LogP contribution in [0.2, 0.25) is 0 Å². The van der Waals surface area contributed by atoms with E-state index in [0.717, 1.165) is 12.8 Å². The smallest absolute Gasteiger partial charge is 0.158 e. The van der Waals surface area contributed by atoms with Gasteiger partial charge in [0, 0.05) is 18.8 Å². The van der Waals surface area contributed by atoms with E-state index in [9.17, 15) is 0 Å². The lowest BCUT2D eigenvalue weighted by atomic mass is 10.1. The average molecular weight is 210 g/mol. The maximum Gasteiger partial charge on any atom is 0.158 e. The first-order chi connectivity index (χ1) is 7.25. The molecule has 1 aliphatic rings. The maximum absolute atomic E-state index is 5.64. The number of aromatic nitrogens is 2. The standard InChI is InChI=1S/C11H18N2O2/c1-9(2)15-11-5-4-10(8-14-11)13-7-3-6-12-13/h3,6-7,9-11H,4-5,8H2,1-2H3. The largest absolute Gasteiger partial charge is 0.350 e. The highest BCUT2D eigenvalue weighted by molar-refractivity contribution is 4.82. The van der Waals surface area contributed by atoms with Crippen LogP contribution in [0.5, 0.6) is 0 Å². The third-order valence-electron chi connectivity index (χ3n) is 2.53. The van der Waals surface area contributed by atoms with Gasteiger partial charge in [0.2, 0.25) is 0 Å². The lowest BCUT2D eigenvalue weighted by Crippen LogP contribution is -2.31. The van der Waals surface area contributed by atoms with Crippen LogP contribution in [0.15, 0.2) is 18.5 Å². The molecule has 1 fully saturated rings. The zero-order chi connectivity index (χ0) is 10.7. The van der Waals surface area contributed by atoms with Gasteiger partial charge in [0.05, 0.1) is 18.8 Å². The molecule has 0 radical (unpaired) electrons. The van der Waals surface area contributed by atoms with Crippen molar-refractivity contribution in [2.45, 2.75) is 45.1 Å². The van der Waals surface area contributed by atoms with Crippen molar-refractivity contribution in [3.63, 3.8) is 0 Å². The van der Waals surface area contributed by atoms with Gasteiger partial charge >= 0.3 is 0 Å². The minimum absolute atomic E-state index is 0.0307. The molecule has 1 aliphatic heterocycles. The fourth-order valence-corrected chi connectivity index (χ4v) is 1.83. The molecule has 0 aromatic carbocycles. The summed E-state index contributed by atoms with van der Waals surface area (Å²) in [5.74, 6) is 0. The Kier molecular flexibility index (Phi) is 3.38. The van der Waals surface area contributed by atoms with Gasteiger partial charge in [-0.2, -0.15) is 5.10 Å². The highest BCUT2D eigenvalue weighted by Crippen LogP contribution is 2.23. The summed E-state index contributed by atoms with van der Waals surface area (Å²) in [6, 6.07) is 2.31. The Balaban J connectivity index is 1.82. The summed E-state index contributed by atoms with van der Waals surface area (Å²) in [6.07, 6.45) is 6.00. The summed E-state index contributed by atoms with van der Waals surface area (Å²) < 4.78 is 13.2. The first kappa shape index (κ1) is 10.6. The Morgan fingerprint density at radius 2 is 2.33 bits per heavy atom. The number of ether oxygens (including phenoxy) is 2. The van der Waals surface area contributed by atoms with Crippen LogP contribution in [0.3, 0.4) is 0 Å². The molecular formula is C11H18N2O2. The molecule has 0 N–H and O–H groups in total. The van der Waals surface area contributed by atoms with Crippen LogP contribution in [0, 0.1) is 0 Å². The molecule has 4 heteroatoms. The van der Waals surface area contributed by atoms with Crippen LogP contribution in [0.1, 0.15) is 32.7 Å². The van der Waals surface area contributed by atoms with Gasteiger partial charge in [-0.05, 0) is 26.3 Å². The molecular weight excluding hydrogens is 192 g/mol. The SMILES string of the molecule is CC(C)OC1CCC(n2cccn2)CO1. The summed E-state index contributed by atoms with van der Waals surface area (Å²) >= 11 is 0. The maximum atomic E-state index is 5.64. The van der Waals surface area contributed by atoms with Crippen molar-refractivity contribution in [2.24, 2.45) is 0 Å². The van der Waals surface area contributed by atoms with Crippen LogP contribution in [0.25, 0.3) is 0 Å². The van der Waals surface area contributed by atoms with E-state index in [4.69, 9.17) is 9.47 Å². The summed E-state index contributed by atoms with van der Waals surface area (Å²) in [4.78, 5) is 0. The monoisotopic (exact) mass is 210 g/mol. The molecule has 2 unspecified atom stereocenters. The molecule has 4 nitrogen and oxygen atoms in total. The van der Waals surface area contributed by atoms with Crippen molar-refractivity contribution in [2.75, 3.05) is 6.61 Å². The Labute approximate surface area is 90.2 Å². The lowest BCUT2D eigenvalue weighted by Gasteiger charge is -2.30. The lowest BCUT2D eigenvalue weighted by molar-refractivity contribution is -0.190.